The summed E-state index contributed by atoms with van der Waals surface area (Å²) in [6.07, 6.45) is 0. The molecule has 0 aliphatic heterocycles. The number of carbonyl (C=O) groups is 1. The number of carbonyl (C=O) groups excluding carboxylic acids is 1. The predicted molar refractivity (Wildman–Crippen MR) is 130 cm³/mol. The minimum Gasteiger partial charge on any atom is -0.321 e. The molecule has 0 radical (unpaired) electrons. The van der Waals surface area contributed by atoms with Crippen LogP contribution in [0.4, 0.5) is 10.1 Å². The second kappa shape index (κ2) is 8.26. The van der Waals surface area contributed by atoms with E-state index in [-0.39, 0.29) is 11.7 Å². The Bertz CT molecular complexity index is 1440. The maximum Gasteiger partial charge on any atom is 0.267 e. The number of aromatic nitrogens is 2. The summed E-state index contributed by atoms with van der Waals surface area (Å²) >= 11 is 2.95. The van der Waals surface area contributed by atoms with Gasteiger partial charge in [0.2, 0.25) is 0 Å². The molecule has 0 fully saturated rings. The molecular formula is C25H18FN3OS2. The Morgan fingerprint density at radius 3 is 2.22 bits per heavy atom. The first-order valence-corrected chi connectivity index (χ1v) is 11.6. The molecule has 0 unspecified atom stereocenters. The number of benzene rings is 3. The lowest BCUT2D eigenvalue weighted by molar-refractivity contribution is 0.103. The van der Waals surface area contributed by atoms with Gasteiger partial charge in [-0.1, -0.05) is 6.07 Å². The van der Waals surface area contributed by atoms with E-state index in [1.165, 1.54) is 29.0 Å². The summed E-state index contributed by atoms with van der Waals surface area (Å²) in [5.41, 5.74) is 5.35. The third kappa shape index (κ3) is 4.04. The van der Waals surface area contributed by atoms with Crippen LogP contribution in [0.3, 0.4) is 0 Å². The highest BCUT2D eigenvalue weighted by Crippen LogP contribution is 2.32. The molecule has 0 saturated carbocycles. The average molecular weight is 460 g/mol. The number of halogens is 1. The van der Waals surface area contributed by atoms with Crippen LogP contribution in [0.25, 0.3) is 31.4 Å². The van der Waals surface area contributed by atoms with Crippen LogP contribution >= 0.6 is 22.7 Å². The molecule has 32 heavy (non-hydrogen) atoms. The van der Waals surface area contributed by atoms with Gasteiger partial charge in [0.05, 0.1) is 15.9 Å². The van der Waals surface area contributed by atoms with Crippen LogP contribution in [0.5, 0.6) is 0 Å². The quantitative estimate of drug-likeness (QED) is 0.312. The molecule has 1 amide bonds. The van der Waals surface area contributed by atoms with E-state index >= 15 is 0 Å². The van der Waals surface area contributed by atoms with Crippen LogP contribution in [0.2, 0.25) is 0 Å². The number of nitrogens with zero attached hydrogens (tertiary/aromatic N) is 2. The zero-order valence-electron chi connectivity index (χ0n) is 17.3. The minimum absolute atomic E-state index is 0.212. The van der Waals surface area contributed by atoms with Gasteiger partial charge in [-0.05, 0) is 80.1 Å². The van der Waals surface area contributed by atoms with Crippen molar-refractivity contribution in [2.75, 3.05) is 5.32 Å². The summed E-state index contributed by atoms with van der Waals surface area (Å²) in [5, 5.41) is 4.58. The van der Waals surface area contributed by atoms with E-state index in [1.807, 2.05) is 30.3 Å². The average Bonchev–Trinajstić information content (AvgIpc) is 3.38. The van der Waals surface area contributed by atoms with Crippen molar-refractivity contribution in [3.8, 4) is 21.1 Å². The molecule has 5 aromatic rings. The first-order valence-electron chi connectivity index (χ1n) is 9.98. The van der Waals surface area contributed by atoms with Gasteiger partial charge in [-0.2, -0.15) is 0 Å². The summed E-state index contributed by atoms with van der Waals surface area (Å²) in [6, 6.07) is 20.0. The lowest BCUT2D eigenvalue weighted by atomic mass is 10.2. The Balaban J connectivity index is 1.34. The highest BCUT2D eigenvalue weighted by molar-refractivity contribution is 7.21. The maximum atomic E-state index is 13.2. The maximum absolute atomic E-state index is 13.2. The number of fused-ring (bicyclic) bond motifs is 1. The van der Waals surface area contributed by atoms with Gasteiger partial charge in [-0.25, -0.2) is 14.4 Å². The number of hydrogen-bond donors (Lipinski definition) is 1. The number of amides is 1. The Kier molecular flexibility index (Phi) is 5.28. The molecule has 1 N–H and O–H groups in total. The second-order valence-corrected chi connectivity index (χ2v) is 9.49. The van der Waals surface area contributed by atoms with Crippen molar-refractivity contribution in [2.24, 2.45) is 0 Å². The van der Waals surface area contributed by atoms with Crippen LogP contribution in [0.1, 0.15) is 20.9 Å². The lowest BCUT2D eigenvalue weighted by Gasteiger charge is -2.05. The first kappa shape index (κ1) is 20.5. The van der Waals surface area contributed by atoms with Crippen LogP contribution in [0.15, 0.2) is 66.7 Å². The summed E-state index contributed by atoms with van der Waals surface area (Å²) in [6.45, 7) is 3.88. The number of thiazole rings is 2. The minimum atomic E-state index is -0.301. The topological polar surface area (TPSA) is 54.9 Å². The number of aryl methyl sites for hydroxylation is 2. The van der Waals surface area contributed by atoms with Crippen LogP contribution in [0, 0.1) is 19.7 Å². The zero-order valence-corrected chi connectivity index (χ0v) is 19.0. The van der Waals surface area contributed by atoms with E-state index in [2.05, 4.69) is 29.4 Å². The van der Waals surface area contributed by atoms with Gasteiger partial charge in [0.15, 0.2) is 0 Å². The Labute approximate surface area is 192 Å². The highest BCUT2D eigenvalue weighted by Gasteiger charge is 2.17. The van der Waals surface area contributed by atoms with Crippen molar-refractivity contribution in [2.45, 2.75) is 13.8 Å². The summed E-state index contributed by atoms with van der Waals surface area (Å²) in [5.74, 6) is -0.513. The molecule has 7 heteroatoms. The third-order valence-corrected chi connectivity index (χ3v) is 7.30. The molecule has 0 atom stereocenters. The monoisotopic (exact) mass is 459 g/mol. The standard InChI is InChI=1S/C25H18FN3OS2/c1-14-3-12-20-21(13-14)31-25(29-20)17-6-10-19(11-7-17)28-23(30)22-15(2)27-24(32-22)16-4-8-18(26)9-5-16/h3-13H,1-2H3,(H,28,30). The van der Waals surface area contributed by atoms with Gasteiger partial charge < -0.3 is 5.32 Å². The van der Waals surface area contributed by atoms with Gasteiger partial charge in [-0.15, -0.1) is 22.7 Å². The summed E-state index contributed by atoms with van der Waals surface area (Å²) in [7, 11) is 0. The molecule has 0 aliphatic rings. The van der Waals surface area contributed by atoms with Gasteiger partial charge in [0.1, 0.15) is 20.7 Å². The van der Waals surface area contributed by atoms with E-state index < -0.39 is 0 Å². The molecular weight excluding hydrogens is 441 g/mol. The van der Waals surface area contributed by atoms with E-state index in [0.717, 1.165) is 26.4 Å². The molecule has 2 heterocycles. The van der Waals surface area contributed by atoms with E-state index in [4.69, 9.17) is 4.98 Å². The van der Waals surface area contributed by atoms with E-state index in [1.54, 1.807) is 30.4 Å². The molecule has 4 nitrogen and oxygen atoms in total. The molecule has 158 valence electrons. The van der Waals surface area contributed by atoms with Crippen molar-refractivity contribution in [1.29, 1.82) is 0 Å². The fraction of sp³-hybridized carbons (Fsp3) is 0.0800. The largest absolute Gasteiger partial charge is 0.321 e. The van der Waals surface area contributed by atoms with Gasteiger partial charge in [0.25, 0.3) is 5.91 Å². The predicted octanol–water partition coefficient (Wildman–Crippen LogP) is 7.10. The summed E-state index contributed by atoms with van der Waals surface area (Å²) in [4.78, 5) is 22.6. The molecule has 3 aromatic carbocycles. The molecule has 5 rings (SSSR count). The molecule has 0 spiro atoms. The van der Waals surface area contributed by atoms with Crippen molar-refractivity contribution < 1.29 is 9.18 Å². The second-order valence-electron chi connectivity index (χ2n) is 7.46. The van der Waals surface area contributed by atoms with Crippen molar-refractivity contribution in [3.05, 3.63) is 88.7 Å². The number of nitrogens with one attached hydrogen (secondary N) is 1. The molecule has 0 bridgehead atoms. The summed E-state index contributed by atoms with van der Waals surface area (Å²) < 4.78 is 14.3. The van der Waals surface area contributed by atoms with Crippen molar-refractivity contribution in [3.63, 3.8) is 0 Å². The van der Waals surface area contributed by atoms with Crippen LogP contribution in [-0.2, 0) is 0 Å². The smallest absolute Gasteiger partial charge is 0.267 e. The molecule has 0 saturated heterocycles. The number of hydrogen-bond acceptors (Lipinski definition) is 5. The molecule has 2 aromatic heterocycles. The van der Waals surface area contributed by atoms with Gasteiger partial charge >= 0.3 is 0 Å². The van der Waals surface area contributed by atoms with E-state index in [9.17, 15) is 9.18 Å². The first-order chi connectivity index (χ1) is 15.5. The van der Waals surface area contributed by atoms with Gasteiger partial charge in [-0.3, -0.25) is 4.79 Å². The van der Waals surface area contributed by atoms with Crippen molar-refractivity contribution >= 4 is 44.5 Å². The van der Waals surface area contributed by atoms with Crippen LogP contribution in [-0.4, -0.2) is 15.9 Å². The van der Waals surface area contributed by atoms with Crippen molar-refractivity contribution in [1.82, 2.24) is 9.97 Å². The number of rotatable bonds is 4. The third-order valence-electron chi connectivity index (χ3n) is 5.03. The van der Waals surface area contributed by atoms with E-state index in [0.29, 0.717) is 21.3 Å². The fourth-order valence-corrected chi connectivity index (χ4v) is 5.40. The SMILES string of the molecule is Cc1ccc2nc(-c3ccc(NC(=O)c4sc(-c5ccc(F)cc5)nc4C)cc3)sc2c1. The molecule has 0 aliphatic carbocycles. The Morgan fingerprint density at radius 1 is 0.844 bits per heavy atom. The lowest BCUT2D eigenvalue weighted by Crippen LogP contribution is -2.11. The number of anilines is 1. The van der Waals surface area contributed by atoms with Gasteiger partial charge in [0, 0.05) is 16.8 Å². The normalized spacial score (nSPS) is 11.1. The zero-order chi connectivity index (χ0) is 22.2. The fourth-order valence-electron chi connectivity index (χ4n) is 3.36. The Hall–Kier alpha value is -3.42. The highest BCUT2D eigenvalue weighted by atomic mass is 32.1. The Morgan fingerprint density at radius 2 is 1.50 bits per heavy atom. The van der Waals surface area contributed by atoms with Crippen LogP contribution < -0.4 is 5.32 Å².